The summed E-state index contributed by atoms with van der Waals surface area (Å²) >= 11 is 0. The number of hydrogen-bond donors (Lipinski definition) is 1. The molecule has 7 nitrogen and oxygen atoms in total. The van der Waals surface area contributed by atoms with Crippen molar-refractivity contribution in [3.8, 4) is 11.5 Å². The van der Waals surface area contributed by atoms with Crippen LogP contribution in [0.15, 0.2) is 52.1 Å². The zero-order valence-corrected chi connectivity index (χ0v) is 17.5. The van der Waals surface area contributed by atoms with Gasteiger partial charge in [-0.25, -0.2) is 4.39 Å². The third kappa shape index (κ3) is 4.05. The van der Waals surface area contributed by atoms with E-state index in [1.165, 1.54) is 12.1 Å². The van der Waals surface area contributed by atoms with Gasteiger partial charge in [0, 0.05) is 38.4 Å². The van der Waals surface area contributed by atoms with Gasteiger partial charge >= 0.3 is 0 Å². The summed E-state index contributed by atoms with van der Waals surface area (Å²) in [5.74, 6) is 0.959. The molecular weight excluding hydrogens is 401 g/mol. The lowest BCUT2D eigenvalue weighted by atomic mass is 10.1. The van der Waals surface area contributed by atoms with E-state index in [2.05, 4.69) is 10.2 Å². The molecule has 0 spiro atoms. The van der Waals surface area contributed by atoms with Gasteiger partial charge in [0.1, 0.15) is 17.2 Å². The highest BCUT2D eigenvalue weighted by Crippen LogP contribution is 2.29. The molecule has 3 aromatic carbocycles. The van der Waals surface area contributed by atoms with Crippen molar-refractivity contribution in [3.05, 3.63) is 74.3 Å². The summed E-state index contributed by atoms with van der Waals surface area (Å²) in [5.41, 5.74) is 1.70. The second-order valence-electron chi connectivity index (χ2n) is 7.38. The fourth-order valence-corrected chi connectivity index (χ4v) is 3.87. The maximum absolute atomic E-state index is 13.2. The molecule has 0 saturated carbocycles. The number of nitrogens with zero attached hydrogens (tertiary/aromatic N) is 2. The average Bonchev–Trinajstić information content (AvgIpc) is 2.81. The molecule has 0 aromatic heterocycles. The van der Waals surface area contributed by atoms with Crippen LogP contribution in [0.1, 0.15) is 5.56 Å². The highest BCUT2D eigenvalue weighted by Gasteiger charge is 2.28. The Kier molecular flexibility index (Phi) is 5.79. The van der Waals surface area contributed by atoms with Crippen molar-refractivity contribution in [2.45, 2.75) is 6.54 Å². The predicted octanol–water partition coefficient (Wildman–Crippen LogP) is 2.38. The molecule has 8 heteroatoms. The van der Waals surface area contributed by atoms with Gasteiger partial charge in [0.25, 0.3) is 10.9 Å². The number of benzene rings is 2. The van der Waals surface area contributed by atoms with Crippen LogP contribution in [0.3, 0.4) is 0 Å². The molecule has 162 valence electrons. The third-order valence-corrected chi connectivity index (χ3v) is 5.59. The number of anilines is 3. The summed E-state index contributed by atoms with van der Waals surface area (Å²) in [7, 11) is 3.14. The van der Waals surface area contributed by atoms with Gasteiger partial charge < -0.3 is 24.6 Å². The zero-order valence-electron chi connectivity index (χ0n) is 17.5. The van der Waals surface area contributed by atoms with Crippen molar-refractivity contribution in [1.82, 2.24) is 0 Å². The van der Waals surface area contributed by atoms with Crippen LogP contribution in [0, 0.1) is 5.82 Å². The minimum absolute atomic E-state index is 0.267. The molecule has 0 unspecified atom stereocenters. The Labute approximate surface area is 179 Å². The second-order valence-corrected chi connectivity index (χ2v) is 7.38. The van der Waals surface area contributed by atoms with Gasteiger partial charge in [0.15, 0.2) is 11.5 Å². The molecule has 1 saturated heterocycles. The number of hydrogen-bond acceptors (Lipinski definition) is 7. The Morgan fingerprint density at radius 3 is 2.16 bits per heavy atom. The van der Waals surface area contributed by atoms with Crippen LogP contribution in [0.2, 0.25) is 0 Å². The van der Waals surface area contributed by atoms with Crippen molar-refractivity contribution in [2.75, 3.05) is 55.5 Å². The summed E-state index contributed by atoms with van der Waals surface area (Å²) < 4.78 is 23.7. The number of halogens is 1. The van der Waals surface area contributed by atoms with Crippen LogP contribution >= 0.6 is 0 Å². The Morgan fingerprint density at radius 1 is 0.871 bits per heavy atom. The summed E-state index contributed by atoms with van der Waals surface area (Å²) in [4.78, 5) is 28.5. The van der Waals surface area contributed by atoms with Crippen molar-refractivity contribution < 1.29 is 13.9 Å². The minimum atomic E-state index is -0.489. The molecule has 0 amide bonds. The van der Waals surface area contributed by atoms with Gasteiger partial charge in [-0.15, -0.1) is 0 Å². The molecule has 0 radical (unpaired) electrons. The molecule has 4 rings (SSSR count). The van der Waals surface area contributed by atoms with Crippen LogP contribution in [0.25, 0.3) is 0 Å². The van der Waals surface area contributed by atoms with Crippen molar-refractivity contribution in [3.63, 3.8) is 0 Å². The predicted molar refractivity (Wildman–Crippen MR) is 119 cm³/mol. The Bertz CT molecular complexity index is 1130. The molecule has 1 aliphatic heterocycles. The lowest BCUT2D eigenvalue weighted by Crippen LogP contribution is -2.51. The van der Waals surface area contributed by atoms with Crippen LogP contribution in [-0.4, -0.2) is 40.4 Å². The molecule has 1 aliphatic rings. The molecule has 0 bridgehead atoms. The number of ether oxygens (including phenoxy) is 2. The maximum Gasteiger partial charge on any atom is 0.253 e. The van der Waals surface area contributed by atoms with E-state index >= 15 is 0 Å². The van der Waals surface area contributed by atoms with E-state index in [4.69, 9.17) is 9.47 Å². The van der Waals surface area contributed by atoms with Gasteiger partial charge in [0.2, 0.25) is 0 Å². The van der Waals surface area contributed by atoms with E-state index in [-0.39, 0.29) is 5.82 Å². The van der Waals surface area contributed by atoms with Gasteiger partial charge in [0.05, 0.1) is 14.2 Å². The van der Waals surface area contributed by atoms with E-state index < -0.39 is 10.9 Å². The van der Waals surface area contributed by atoms with Crippen molar-refractivity contribution in [2.24, 2.45) is 0 Å². The maximum atomic E-state index is 13.2. The quantitative estimate of drug-likeness (QED) is 0.583. The van der Waals surface area contributed by atoms with Gasteiger partial charge in [-0.1, -0.05) is 6.07 Å². The van der Waals surface area contributed by atoms with Gasteiger partial charge in [-0.3, -0.25) is 9.59 Å². The zero-order chi connectivity index (χ0) is 22.0. The first-order valence-electron chi connectivity index (χ1n) is 10.1. The monoisotopic (exact) mass is 425 g/mol. The Hall–Kier alpha value is -3.55. The van der Waals surface area contributed by atoms with Crippen LogP contribution in [0.4, 0.5) is 21.5 Å². The number of methoxy groups -OCH3 is 2. The molecule has 31 heavy (non-hydrogen) atoms. The van der Waals surface area contributed by atoms with Crippen LogP contribution < -0.4 is 35.4 Å². The molecule has 1 heterocycles. The minimum Gasteiger partial charge on any atom is -0.493 e. The number of nitrogens with one attached hydrogen (secondary N) is 1. The molecule has 0 aliphatic carbocycles. The highest BCUT2D eigenvalue weighted by atomic mass is 19.1. The standard InChI is InChI=1S/C23H24FN3O4/c1-30-18-8-3-15(13-19(18)31-2)14-25-20-21(23(29)22(20)28)27-11-9-26(10-12-27)17-6-4-16(24)5-7-17/h3-8,13,25H,9-12,14H2,1-2H3. The fraction of sp³-hybridized carbons (Fsp3) is 0.304. The van der Waals surface area contributed by atoms with Gasteiger partial charge in [-0.2, -0.15) is 0 Å². The number of rotatable bonds is 7. The van der Waals surface area contributed by atoms with Crippen LogP contribution in [0.5, 0.6) is 11.5 Å². The highest BCUT2D eigenvalue weighted by molar-refractivity contribution is 5.75. The Morgan fingerprint density at radius 2 is 1.52 bits per heavy atom. The third-order valence-electron chi connectivity index (χ3n) is 5.59. The van der Waals surface area contributed by atoms with Crippen molar-refractivity contribution >= 4 is 17.1 Å². The van der Waals surface area contributed by atoms with E-state index in [1.54, 1.807) is 32.4 Å². The molecule has 1 fully saturated rings. The molecule has 3 aromatic rings. The average molecular weight is 425 g/mol. The summed E-state index contributed by atoms with van der Waals surface area (Å²) in [6.07, 6.45) is 0. The summed E-state index contributed by atoms with van der Waals surface area (Å²) in [6.45, 7) is 2.95. The topological polar surface area (TPSA) is 71.1 Å². The first-order chi connectivity index (χ1) is 15.0. The SMILES string of the molecule is COc1ccc(CNc2c(N3CCN(c4ccc(F)cc4)CC3)c(=O)c2=O)cc1OC. The smallest absolute Gasteiger partial charge is 0.253 e. The van der Waals surface area contributed by atoms with Crippen LogP contribution in [-0.2, 0) is 6.54 Å². The molecular formula is C23H24FN3O4. The van der Waals surface area contributed by atoms with Gasteiger partial charge in [-0.05, 0) is 42.0 Å². The fourth-order valence-electron chi connectivity index (χ4n) is 3.87. The molecule has 0 atom stereocenters. The van der Waals surface area contributed by atoms with E-state index in [1.807, 2.05) is 17.0 Å². The van der Waals surface area contributed by atoms with E-state index in [9.17, 15) is 14.0 Å². The lowest BCUT2D eigenvalue weighted by molar-refractivity contribution is 0.354. The first kappa shape index (κ1) is 20.7. The van der Waals surface area contributed by atoms with E-state index in [0.717, 1.165) is 11.3 Å². The van der Waals surface area contributed by atoms with E-state index in [0.29, 0.717) is 55.6 Å². The molecule has 1 N–H and O–H groups in total. The summed E-state index contributed by atoms with van der Waals surface area (Å²) in [6, 6.07) is 11.9. The Balaban J connectivity index is 1.42. The largest absolute Gasteiger partial charge is 0.493 e. The lowest BCUT2D eigenvalue weighted by Gasteiger charge is -2.38. The van der Waals surface area contributed by atoms with Crippen molar-refractivity contribution in [1.29, 1.82) is 0 Å². The second kappa shape index (κ2) is 8.67. The summed E-state index contributed by atoms with van der Waals surface area (Å²) in [5, 5.41) is 3.12. The normalized spacial score (nSPS) is 14.0. The first-order valence-corrected chi connectivity index (χ1v) is 10.1. The number of piperazine rings is 1.